The van der Waals surface area contributed by atoms with Gasteiger partial charge in [-0.25, -0.2) is 4.99 Å². The number of hydrogen-bond donors (Lipinski definition) is 2. The molecule has 1 aromatic heterocycles. The first-order valence-corrected chi connectivity index (χ1v) is 8.00. The van der Waals surface area contributed by atoms with Crippen LogP contribution in [0.25, 0.3) is 0 Å². The Balaban J connectivity index is 0.00000225. The Morgan fingerprint density at radius 2 is 2.08 bits per heavy atom. The fourth-order valence-corrected chi connectivity index (χ4v) is 2.55. The number of fused-ring (bicyclic) bond motifs is 1. The van der Waals surface area contributed by atoms with E-state index in [1.165, 1.54) is 0 Å². The quantitative estimate of drug-likeness (QED) is 0.408. The van der Waals surface area contributed by atoms with Crippen molar-refractivity contribution >= 4 is 29.9 Å². The minimum atomic E-state index is 0. The van der Waals surface area contributed by atoms with Gasteiger partial charge in [-0.3, -0.25) is 0 Å². The Morgan fingerprint density at radius 3 is 2.80 bits per heavy atom. The lowest BCUT2D eigenvalue weighted by molar-refractivity contribution is 0.173. The molecule has 25 heavy (non-hydrogen) atoms. The van der Waals surface area contributed by atoms with Gasteiger partial charge < -0.3 is 24.6 Å². The van der Waals surface area contributed by atoms with Crippen LogP contribution in [-0.2, 0) is 13.1 Å². The summed E-state index contributed by atoms with van der Waals surface area (Å²) < 4.78 is 16.1. The van der Waals surface area contributed by atoms with Gasteiger partial charge in [-0.05, 0) is 26.8 Å². The molecule has 2 aromatic rings. The van der Waals surface area contributed by atoms with Gasteiger partial charge in [0.25, 0.3) is 0 Å². The second-order valence-corrected chi connectivity index (χ2v) is 5.50. The van der Waals surface area contributed by atoms with Gasteiger partial charge in [0.2, 0.25) is 6.79 Å². The number of para-hydroxylation sites is 1. The fourth-order valence-electron chi connectivity index (χ4n) is 2.55. The SMILES string of the molecule is CCNC(=NCc1cccc2c1OCO2)NCc1c(C)noc1C.I. The van der Waals surface area contributed by atoms with Crippen LogP contribution < -0.4 is 20.1 Å². The Bertz CT molecular complexity index is 726. The topological polar surface area (TPSA) is 80.9 Å². The zero-order chi connectivity index (χ0) is 16.9. The maximum atomic E-state index is 5.52. The zero-order valence-electron chi connectivity index (χ0n) is 14.6. The molecule has 8 heteroatoms. The van der Waals surface area contributed by atoms with Gasteiger partial charge in [-0.2, -0.15) is 0 Å². The molecule has 2 N–H and O–H groups in total. The van der Waals surface area contributed by atoms with Crippen molar-refractivity contribution in [1.29, 1.82) is 0 Å². The van der Waals surface area contributed by atoms with Crippen LogP contribution in [0.5, 0.6) is 11.5 Å². The predicted octanol–water partition coefficient (Wildman–Crippen LogP) is 2.89. The number of nitrogens with zero attached hydrogens (tertiary/aromatic N) is 2. The second-order valence-electron chi connectivity index (χ2n) is 5.50. The van der Waals surface area contributed by atoms with Crippen molar-refractivity contribution in [1.82, 2.24) is 15.8 Å². The van der Waals surface area contributed by atoms with Crippen molar-refractivity contribution in [3.8, 4) is 11.5 Å². The van der Waals surface area contributed by atoms with Crippen molar-refractivity contribution in [2.45, 2.75) is 33.9 Å². The maximum absolute atomic E-state index is 5.52. The van der Waals surface area contributed by atoms with E-state index in [0.717, 1.165) is 46.6 Å². The van der Waals surface area contributed by atoms with E-state index in [2.05, 4.69) is 20.8 Å². The van der Waals surface area contributed by atoms with Gasteiger partial charge >= 0.3 is 0 Å². The lowest BCUT2D eigenvalue weighted by Gasteiger charge is -2.11. The molecule has 3 rings (SSSR count). The average Bonchev–Trinajstić information content (AvgIpc) is 3.18. The first kappa shape index (κ1) is 19.4. The van der Waals surface area contributed by atoms with Gasteiger partial charge in [0.15, 0.2) is 17.5 Å². The first-order chi connectivity index (χ1) is 11.7. The number of nitrogens with one attached hydrogen (secondary N) is 2. The summed E-state index contributed by atoms with van der Waals surface area (Å²) in [6.45, 7) is 8.03. The molecule has 0 radical (unpaired) electrons. The largest absolute Gasteiger partial charge is 0.454 e. The molecule has 0 amide bonds. The number of ether oxygens (including phenoxy) is 2. The summed E-state index contributed by atoms with van der Waals surface area (Å²) in [6.07, 6.45) is 0. The van der Waals surface area contributed by atoms with Gasteiger partial charge in [-0.1, -0.05) is 17.3 Å². The molecule has 0 bridgehead atoms. The predicted molar refractivity (Wildman–Crippen MR) is 106 cm³/mol. The van der Waals surface area contributed by atoms with Crippen molar-refractivity contribution in [3.05, 3.63) is 40.8 Å². The number of benzene rings is 1. The Labute approximate surface area is 164 Å². The average molecular weight is 458 g/mol. The molecule has 0 atom stereocenters. The molecule has 1 aliphatic heterocycles. The van der Waals surface area contributed by atoms with Crippen molar-refractivity contribution in [3.63, 3.8) is 0 Å². The summed E-state index contributed by atoms with van der Waals surface area (Å²) in [4.78, 5) is 4.63. The van der Waals surface area contributed by atoms with Crippen molar-refractivity contribution < 1.29 is 14.0 Å². The Morgan fingerprint density at radius 1 is 1.24 bits per heavy atom. The summed E-state index contributed by atoms with van der Waals surface area (Å²) in [6, 6.07) is 5.84. The summed E-state index contributed by atoms with van der Waals surface area (Å²) >= 11 is 0. The molecule has 0 spiro atoms. The van der Waals surface area contributed by atoms with Crippen LogP contribution in [0.1, 0.15) is 29.5 Å². The van der Waals surface area contributed by atoms with Gasteiger partial charge in [0.1, 0.15) is 5.76 Å². The van der Waals surface area contributed by atoms with E-state index in [4.69, 9.17) is 14.0 Å². The van der Waals surface area contributed by atoms with Crippen LogP contribution in [0.2, 0.25) is 0 Å². The van der Waals surface area contributed by atoms with Crippen molar-refractivity contribution in [2.24, 2.45) is 4.99 Å². The van der Waals surface area contributed by atoms with Crippen molar-refractivity contribution in [2.75, 3.05) is 13.3 Å². The van der Waals surface area contributed by atoms with Gasteiger partial charge in [0.05, 0.1) is 12.2 Å². The molecule has 1 aliphatic rings. The normalized spacial score (nSPS) is 12.7. The monoisotopic (exact) mass is 458 g/mol. The fraction of sp³-hybridized carbons (Fsp3) is 0.412. The van der Waals surface area contributed by atoms with E-state index < -0.39 is 0 Å². The molecular weight excluding hydrogens is 435 g/mol. The Hall–Kier alpha value is -1.97. The molecule has 136 valence electrons. The van der Waals surface area contributed by atoms with E-state index in [9.17, 15) is 0 Å². The molecule has 0 unspecified atom stereocenters. The number of aryl methyl sites for hydroxylation is 2. The molecular formula is C17H23IN4O3. The smallest absolute Gasteiger partial charge is 0.231 e. The third-order valence-electron chi connectivity index (χ3n) is 3.84. The highest BCUT2D eigenvalue weighted by atomic mass is 127. The first-order valence-electron chi connectivity index (χ1n) is 8.00. The number of aliphatic imine (C=N–C) groups is 1. The molecule has 7 nitrogen and oxygen atoms in total. The molecule has 0 saturated heterocycles. The molecule has 0 aliphatic carbocycles. The molecule has 2 heterocycles. The number of rotatable bonds is 5. The van der Waals surface area contributed by atoms with E-state index in [0.29, 0.717) is 13.1 Å². The number of hydrogen-bond acceptors (Lipinski definition) is 5. The van der Waals surface area contributed by atoms with E-state index in [1.807, 2.05) is 39.0 Å². The van der Waals surface area contributed by atoms with E-state index >= 15 is 0 Å². The van der Waals surface area contributed by atoms with Crippen LogP contribution >= 0.6 is 24.0 Å². The number of halogens is 1. The summed E-state index contributed by atoms with van der Waals surface area (Å²) in [5, 5.41) is 10.5. The lowest BCUT2D eigenvalue weighted by Crippen LogP contribution is -2.37. The van der Waals surface area contributed by atoms with Crippen LogP contribution in [0.15, 0.2) is 27.7 Å². The molecule has 1 aromatic carbocycles. The second kappa shape index (κ2) is 8.93. The maximum Gasteiger partial charge on any atom is 0.231 e. The number of guanidine groups is 1. The minimum Gasteiger partial charge on any atom is -0.454 e. The van der Waals surface area contributed by atoms with E-state index in [1.54, 1.807) is 0 Å². The third-order valence-corrected chi connectivity index (χ3v) is 3.84. The highest BCUT2D eigenvalue weighted by molar-refractivity contribution is 14.0. The van der Waals surface area contributed by atoms with Crippen LogP contribution in [0, 0.1) is 13.8 Å². The van der Waals surface area contributed by atoms with Crippen LogP contribution in [0.3, 0.4) is 0 Å². The molecule has 0 fully saturated rings. The van der Waals surface area contributed by atoms with Gasteiger partial charge in [0, 0.05) is 24.2 Å². The standard InChI is InChI=1S/C17H22N4O3.HI/c1-4-18-17(20-9-14-11(2)21-24-12(14)3)19-8-13-6-5-7-15-16(13)23-10-22-15;/h5-7H,4,8-10H2,1-3H3,(H2,18,19,20);1H. The zero-order valence-corrected chi connectivity index (χ0v) is 16.9. The summed E-state index contributed by atoms with van der Waals surface area (Å²) in [5.74, 6) is 3.11. The third kappa shape index (κ3) is 4.56. The summed E-state index contributed by atoms with van der Waals surface area (Å²) in [5.41, 5.74) is 2.94. The Kier molecular flexibility index (Phi) is 6.91. The highest BCUT2D eigenvalue weighted by Crippen LogP contribution is 2.35. The highest BCUT2D eigenvalue weighted by Gasteiger charge is 2.17. The molecule has 0 saturated carbocycles. The minimum absolute atomic E-state index is 0. The lowest BCUT2D eigenvalue weighted by atomic mass is 10.2. The van der Waals surface area contributed by atoms with Crippen LogP contribution in [0.4, 0.5) is 0 Å². The van der Waals surface area contributed by atoms with Crippen LogP contribution in [-0.4, -0.2) is 24.5 Å². The van der Waals surface area contributed by atoms with E-state index in [-0.39, 0.29) is 30.8 Å². The van der Waals surface area contributed by atoms with Gasteiger partial charge in [-0.15, -0.1) is 24.0 Å². The number of aromatic nitrogens is 1. The summed E-state index contributed by atoms with van der Waals surface area (Å²) in [7, 11) is 0.